The molecule has 0 atom stereocenters. The number of carboxylic acid groups (broad SMARTS) is 1. The fourth-order valence-corrected chi connectivity index (χ4v) is 2.84. The summed E-state index contributed by atoms with van der Waals surface area (Å²) < 4.78 is 1.85. The van der Waals surface area contributed by atoms with Gasteiger partial charge in [-0.05, 0) is 35.9 Å². The normalized spacial score (nSPS) is 11.4. The molecular formula is C17H12Cl2N2O2. The van der Waals surface area contributed by atoms with Crippen LogP contribution in [0.15, 0.2) is 48.7 Å². The van der Waals surface area contributed by atoms with Gasteiger partial charge in [0.1, 0.15) is 5.82 Å². The Labute approximate surface area is 142 Å². The fraction of sp³-hybridized carbons (Fsp3) is 0.0588. The molecule has 4 nitrogen and oxygen atoms in total. The van der Waals surface area contributed by atoms with Crippen LogP contribution in [0, 0.1) is 0 Å². The zero-order valence-electron chi connectivity index (χ0n) is 11.9. The molecule has 0 bridgehead atoms. The van der Waals surface area contributed by atoms with Crippen molar-refractivity contribution in [1.29, 1.82) is 0 Å². The van der Waals surface area contributed by atoms with Gasteiger partial charge in [-0.2, -0.15) is 0 Å². The Balaban J connectivity index is 2.05. The number of hydrogen-bond acceptors (Lipinski definition) is 2. The first-order chi connectivity index (χ1) is 11.0. The Morgan fingerprint density at radius 1 is 1.26 bits per heavy atom. The van der Waals surface area contributed by atoms with Crippen LogP contribution in [0.4, 0.5) is 0 Å². The molecule has 0 radical (unpaired) electrons. The first kappa shape index (κ1) is 15.6. The lowest BCUT2D eigenvalue weighted by atomic mass is 10.1. The van der Waals surface area contributed by atoms with Crippen LogP contribution in [0.25, 0.3) is 11.6 Å². The molecule has 3 aromatic rings. The quantitative estimate of drug-likeness (QED) is 0.715. The largest absolute Gasteiger partial charge is 0.478 e. The van der Waals surface area contributed by atoms with E-state index >= 15 is 0 Å². The number of carboxylic acids is 1. The predicted molar refractivity (Wildman–Crippen MR) is 91.1 cm³/mol. The summed E-state index contributed by atoms with van der Waals surface area (Å²) in [5, 5.41) is 9.96. The van der Waals surface area contributed by atoms with Gasteiger partial charge in [0.25, 0.3) is 0 Å². The van der Waals surface area contributed by atoms with Crippen molar-refractivity contribution in [3.8, 4) is 0 Å². The molecule has 116 valence electrons. The lowest BCUT2D eigenvalue weighted by Gasteiger charge is -2.03. The average Bonchev–Trinajstić information content (AvgIpc) is 2.86. The number of aliphatic carboxylic acids is 1. The van der Waals surface area contributed by atoms with Gasteiger partial charge >= 0.3 is 5.97 Å². The first-order valence-electron chi connectivity index (χ1n) is 6.85. The van der Waals surface area contributed by atoms with Crippen LogP contribution in [0.1, 0.15) is 17.1 Å². The summed E-state index contributed by atoms with van der Waals surface area (Å²) in [5.74, 6) is -0.455. The van der Waals surface area contributed by atoms with Gasteiger partial charge in [-0.1, -0.05) is 35.3 Å². The number of nitrogens with zero attached hydrogens (tertiary/aromatic N) is 2. The molecular weight excluding hydrogens is 335 g/mol. The average molecular weight is 347 g/mol. The van der Waals surface area contributed by atoms with Crippen molar-refractivity contribution in [3.05, 3.63) is 75.8 Å². The van der Waals surface area contributed by atoms with Crippen LogP contribution in [0.5, 0.6) is 0 Å². The van der Waals surface area contributed by atoms with E-state index in [0.717, 1.165) is 22.9 Å². The third-order valence-corrected chi connectivity index (χ3v) is 3.99. The van der Waals surface area contributed by atoms with Crippen molar-refractivity contribution in [2.75, 3.05) is 0 Å². The highest BCUT2D eigenvalue weighted by Gasteiger charge is 2.11. The summed E-state index contributed by atoms with van der Waals surface area (Å²) in [6, 6.07) is 11.1. The van der Waals surface area contributed by atoms with Gasteiger partial charge in [0.05, 0.1) is 11.2 Å². The van der Waals surface area contributed by atoms with Gasteiger partial charge in [-0.3, -0.25) is 4.40 Å². The molecule has 23 heavy (non-hydrogen) atoms. The highest BCUT2D eigenvalue weighted by atomic mass is 35.5. The number of fused-ring (bicyclic) bond motifs is 1. The number of halogens is 2. The minimum atomic E-state index is -1.01. The van der Waals surface area contributed by atoms with Gasteiger partial charge in [-0.15, -0.1) is 0 Å². The Kier molecular flexibility index (Phi) is 4.37. The summed E-state index contributed by atoms with van der Waals surface area (Å²) in [6.45, 7) is 0. The monoisotopic (exact) mass is 346 g/mol. The summed E-state index contributed by atoms with van der Waals surface area (Å²) in [4.78, 5) is 15.3. The van der Waals surface area contributed by atoms with E-state index in [4.69, 9.17) is 28.3 Å². The molecule has 0 saturated heterocycles. The minimum Gasteiger partial charge on any atom is -0.478 e. The third kappa shape index (κ3) is 3.38. The first-order valence-corrected chi connectivity index (χ1v) is 7.61. The van der Waals surface area contributed by atoms with E-state index in [2.05, 4.69) is 4.98 Å². The standard InChI is InChI=1S/C17H12Cl2N2O2/c18-12-5-4-11(13(19)10-12)9-14-15-3-1-2-8-21(15)16(20-14)6-7-17(22)23/h1-8,10H,9H2,(H,22,23). The molecule has 1 aromatic carbocycles. The topological polar surface area (TPSA) is 54.6 Å². The summed E-state index contributed by atoms with van der Waals surface area (Å²) in [6.07, 6.45) is 4.92. The Bertz CT molecular complexity index is 916. The molecule has 0 saturated carbocycles. The zero-order chi connectivity index (χ0) is 16.4. The molecule has 0 unspecified atom stereocenters. The summed E-state index contributed by atoms with van der Waals surface area (Å²) >= 11 is 12.2. The molecule has 2 heterocycles. The van der Waals surface area contributed by atoms with Crippen LogP contribution in [-0.4, -0.2) is 20.5 Å². The van der Waals surface area contributed by atoms with Gasteiger partial charge in [-0.25, -0.2) is 9.78 Å². The van der Waals surface area contributed by atoms with Crippen LogP contribution in [0.2, 0.25) is 10.0 Å². The molecule has 0 fully saturated rings. The van der Waals surface area contributed by atoms with Gasteiger partial charge in [0, 0.05) is 28.7 Å². The highest BCUT2D eigenvalue weighted by Crippen LogP contribution is 2.25. The number of imidazole rings is 1. The van der Waals surface area contributed by atoms with Crippen molar-refractivity contribution >= 4 is 40.8 Å². The SMILES string of the molecule is O=C(O)C=Cc1nc(Cc2ccc(Cl)cc2Cl)c2ccccn12. The van der Waals surface area contributed by atoms with Gasteiger partial charge < -0.3 is 5.11 Å². The number of benzene rings is 1. The van der Waals surface area contributed by atoms with Gasteiger partial charge in [0.2, 0.25) is 0 Å². The maximum Gasteiger partial charge on any atom is 0.328 e. The lowest BCUT2D eigenvalue weighted by molar-refractivity contribution is -0.131. The second kappa shape index (κ2) is 6.44. The Morgan fingerprint density at radius 3 is 2.83 bits per heavy atom. The lowest BCUT2D eigenvalue weighted by Crippen LogP contribution is -1.91. The molecule has 0 aliphatic heterocycles. The van der Waals surface area contributed by atoms with Crippen LogP contribution in [-0.2, 0) is 11.2 Å². The maximum atomic E-state index is 10.7. The molecule has 0 aliphatic rings. The number of carbonyl (C=O) groups is 1. The number of pyridine rings is 1. The second-order valence-corrected chi connectivity index (χ2v) is 5.80. The van der Waals surface area contributed by atoms with E-state index in [-0.39, 0.29) is 0 Å². The van der Waals surface area contributed by atoms with Crippen molar-refractivity contribution in [3.63, 3.8) is 0 Å². The molecule has 3 rings (SSSR count). The van der Waals surface area contributed by atoms with Gasteiger partial charge in [0.15, 0.2) is 0 Å². The minimum absolute atomic E-state index is 0.532. The number of hydrogen-bond donors (Lipinski definition) is 1. The molecule has 6 heteroatoms. The van der Waals surface area contributed by atoms with E-state index < -0.39 is 5.97 Å². The molecule has 0 spiro atoms. The van der Waals surface area contributed by atoms with E-state index in [1.807, 2.05) is 34.9 Å². The van der Waals surface area contributed by atoms with Crippen LogP contribution < -0.4 is 0 Å². The van der Waals surface area contributed by atoms with Crippen molar-refractivity contribution < 1.29 is 9.90 Å². The molecule has 0 aliphatic carbocycles. The van der Waals surface area contributed by atoms with Crippen molar-refractivity contribution in [2.45, 2.75) is 6.42 Å². The zero-order valence-corrected chi connectivity index (χ0v) is 13.4. The van der Waals surface area contributed by atoms with Crippen molar-refractivity contribution in [1.82, 2.24) is 9.38 Å². The van der Waals surface area contributed by atoms with E-state index in [9.17, 15) is 4.79 Å². The predicted octanol–water partition coefficient (Wildman–Crippen LogP) is 4.33. The maximum absolute atomic E-state index is 10.7. The number of rotatable bonds is 4. The van der Waals surface area contributed by atoms with Crippen LogP contribution in [0.3, 0.4) is 0 Å². The summed E-state index contributed by atoms with van der Waals surface area (Å²) in [5.41, 5.74) is 2.64. The van der Waals surface area contributed by atoms with E-state index in [0.29, 0.717) is 22.3 Å². The molecule has 1 N–H and O–H groups in total. The smallest absolute Gasteiger partial charge is 0.328 e. The third-order valence-electron chi connectivity index (χ3n) is 3.40. The Morgan fingerprint density at radius 2 is 2.09 bits per heavy atom. The summed E-state index contributed by atoms with van der Waals surface area (Å²) in [7, 11) is 0. The molecule has 0 amide bonds. The van der Waals surface area contributed by atoms with Crippen molar-refractivity contribution in [2.24, 2.45) is 0 Å². The Hall–Kier alpha value is -2.30. The highest BCUT2D eigenvalue weighted by molar-refractivity contribution is 6.35. The molecule has 2 aromatic heterocycles. The fourth-order valence-electron chi connectivity index (χ4n) is 2.37. The van der Waals surface area contributed by atoms with Crippen LogP contribution >= 0.6 is 23.2 Å². The van der Waals surface area contributed by atoms with E-state index in [1.54, 1.807) is 12.1 Å². The van der Waals surface area contributed by atoms with E-state index in [1.165, 1.54) is 6.08 Å². The number of aromatic nitrogens is 2. The second-order valence-electron chi connectivity index (χ2n) is 4.96.